The SMILES string of the molecule is CCc1ccc2c(c1)C(=O)N(Cc1ccc(OC)cc1)C2C(=O)NC(C)(C)C. The molecule has 1 unspecified atom stereocenters. The van der Waals surface area contributed by atoms with Gasteiger partial charge in [0.2, 0.25) is 5.91 Å². The molecule has 5 nitrogen and oxygen atoms in total. The van der Waals surface area contributed by atoms with Gasteiger partial charge in [-0.25, -0.2) is 0 Å². The molecule has 0 saturated heterocycles. The fourth-order valence-electron chi connectivity index (χ4n) is 3.50. The predicted molar refractivity (Wildman–Crippen MR) is 109 cm³/mol. The van der Waals surface area contributed by atoms with E-state index in [2.05, 4.69) is 12.2 Å². The average molecular weight is 380 g/mol. The fourth-order valence-corrected chi connectivity index (χ4v) is 3.50. The van der Waals surface area contributed by atoms with Crippen LogP contribution in [0.3, 0.4) is 0 Å². The molecule has 2 aromatic rings. The number of amides is 2. The fraction of sp³-hybridized carbons (Fsp3) is 0.391. The monoisotopic (exact) mass is 380 g/mol. The maximum absolute atomic E-state index is 13.2. The first kappa shape index (κ1) is 19.9. The van der Waals surface area contributed by atoms with Gasteiger partial charge in [-0.3, -0.25) is 9.59 Å². The third-order valence-electron chi connectivity index (χ3n) is 4.88. The Hall–Kier alpha value is -2.82. The second kappa shape index (κ2) is 7.66. The molecular weight excluding hydrogens is 352 g/mol. The van der Waals surface area contributed by atoms with Crippen molar-refractivity contribution in [2.24, 2.45) is 0 Å². The number of aryl methyl sites for hydroxylation is 1. The Morgan fingerprint density at radius 2 is 1.75 bits per heavy atom. The Morgan fingerprint density at radius 1 is 1.11 bits per heavy atom. The van der Waals surface area contributed by atoms with Crippen LogP contribution in [0.25, 0.3) is 0 Å². The number of hydrogen-bond acceptors (Lipinski definition) is 3. The molecule has 1 N–H and O–H groups in total. The van der Waals surface area contributed by atoms with Crippen molar-refractivity contribution < 1.29 is 14.3 Å². The Balaban J connectivity index is 1.97. The number of nitrogens with one attached hydrogen (secondary N) is 1. The van der Waals surface area contributed by atoms with Gasteiger partial charge in [0, 0.05) is 17.6 Å². The van der Waals surface area contributed by atoms with E-state index in [-0.39, 0.29) is 17.4 Å². The highest BCUT2D eigenvalue weighted by molar-refractivity contribution is 6.04. The molecule has 0 spiro atoms. The van der Waals surface area contributed by atoms with E-state index in [1.807, 2.05) is 63.2 Å². The van der Waals surface area contributed by atoms with Gasteiger partial charge >= 0.3 is 0 Å². The minimum atomic E-state index is -0.630. The van der Waals surface area contributed by atoms with Crippen molar-refractivity contribution in [2.45, 2.75) is 52.2 Å². The lowest BCUT2D eigenvalue weighted by Crippen LogP contribution is -2.46. The van der Waals surface area contributed by atoms with Gasteiger partial charge in [-0.2, -0.15) is 0 Å². The molecule has 148 valence electrons. The van der Waals surface area contributed by atoms with Crippen LogP contribution in [0, 0.1) is 0 Å². The van der Waals surface area contributed by atoms with Gasteiger partial charge in [0.1, 0.15) is 11.8 Å². The Morgan fingerprint density at radius 3 is 2.32 bits per heavy atom. The van der Waals surface area contributed by atoms with Crippen molar-refractivity contribution >= 4 is 11.8 Å². The smallest absolute Gasteiger partial charge is 0.255 e. The molecular formula is C23H28N2O3. The van der Waals surface area contributed by atoms with Crippen molar-refractivity contribution in [2.75, 3.05) is 7.11 Å². The van der Waals surface area contributed by atoms with Crippen LogP contribution in [0.2, 0.25) is 0 Å². The largest absolute Gasteiger partial charge is 0.497 e. The van der Waals surface area contributed by atoms with Crippen LogP contribution >= 0.6 is 0 Å². The Labute approximate surface area is 166 Å². The lowest BCUT2D eigenvalue weighted by molar-refractivity contribution is -0.127. The lowest BCUT2D eigenvalue weighted by atomic mass is 9.99. The van der Waals surface area contributed by atoms with E-state index >= 15 is 0 Å². The summed E-state index contributed by atoms with van der Waals surface area (Å²) in [6.07, 6.45) is 0.845. The molecule has 2 aromatic carbocycles. The van der Waals surface area contributed by atoms with Crippen LogP contribution in [-0.4, -0.2) is 29.4 Å². The number of carbonyl (C=O) groups is 2. The number of fused-ring (bicyclic) bond motifs is 1. The normalized spacial score (nSPS) is 16.1. The molecule has 0 aliphatic carbocycles. The van der Waals surface area contributed by atoms with Gasteiger partial charge in [0.15, 0.2) is 0 Å². The van der Waals surface area contributed by atoms with Gasteiger partial charge in [0.05, 0.1) is 7.11 Å². The van der Waals surface area contributed by atoms with E-state index < -0.39 is 6.04 Å². The molecule has 0 fully saturated rings. The second-order valence-electron chi connectivity index (χ2n) is 8.20. The van der Waals surface area contributed by atoms with E-state index in [1.54, 1.807) is 12.0 Å². The average Bonchev–Trinajstić information content (AvgIpc) is 2.92. The van der Waals surface area contributed by atoms with Crippen LogP contribution < -0.4 is 10.1 Å². The molecule has 0 bridgehead atoms. The zero-order chi connectivity index (χ0) is 20.5. The molecule has 1 aliphatic rings. The van der Waals surface area contributed by atoms with Crippen LogP contribution in [0.1, 0.15) is 60.8 Å². The highest BCUT2D eigenvalue weighted by atomic mass is 16.5. The van der Waals surface area contributed by atoms with Crippen LogP contribution in [0.5, 0.6) is 5.75 Å². The van der Waals surface area contributed by atoms with Crippen molar-refractivity contribution in [3.05, 3.63) is 64.7 Å². The summed E-state index contributed by atoms with van der Waals surface area (Å²) in [7, 11) is 1.62. The topological polar surface area (TPSA) is 58.6 Å². The summed E-state index contributed by atoms with van der Waals surface area (Å²) in [5.41, 5.74) is 3.07. The van der Waals surface area contributed by atoms with Crippen molar-refractivity contribution in [3.8, 4) is 5.75 Å². The molecule has 0 radical (unpaired) electrons. The zero-order valence-electron chi connectivity index (χ0n) is 17.2. The first-order valence-electron chi connectivity index (χ1n) is 9.62. The number of methoxy groups -OCH3 is 1. The first-order chi connectivity index (χ1) is 13.2. The number of carbonyl (C=O) groups excluding carboxylic acids is 2. The Bertz CT molecular complexity index is 882. The number of benzene rings is 2. The molecule has 3 rings (SSSR count). The van der Waals surface area contributed by atoms with Crippen LogP contribution in [0.4, 0.5) is 0 Å². The summed E-state index contributed by atoms with van der Waals surface area (Å²) in [5, 5.41) is 3.03. The van der Waals surface area contributed by atoms with Crippen molar-refractivity contribution in [3.63, 3.8) is 0 Å². The minimum absolute atomic E-state index is 0.102. The van der Waals surface area contributed by atoms with Gasteiger partial charge < -0.3 is 15.0 Å². The van der Waals surface area contributed by atoms with Gasteiger partial charge in [-0.15, -0.1) is 0 Å². The predicted octanol–water partition coefficient (Wildman–Crippen LogP) is 3.87. The first-order valence-corrected chi connectivity index (χ1v) is 9.62. The van der Waals surface area contributed by atoms with Gasteiger partial charge in [-0.05, 0) is 62.1 Å². The van der Waals surface area contributed by atoms with Crippen LogP contribution in [0.15, 0.2) is 42.5 Å². The van der Waals surface area contributed by atoms with Crippen molar-refractivity contribution in [1.82, 2.24) is 10.2 Å². The highest BCUT2D eigenvalue weighted by Crippen LogP contribution is 2.36. The number of nitrogens with zero attached hydrogens (tertiary/aromatic N) is 1. The van der Waals surface area contributed by atoms with Crippen molar-refractivity contribution in [1.29, 1.82) is 0 Å². The second-order valence-corrected chi connectivity index (χ2v) is 8.20. The van der Waals surface area contributed by atoms with E-state index in [1.165, 1.54) is 0 Å². The molecule has 28 heavy (non-hydrogen) atoms. The standard InChI is InChI=1S/C23H28N2O3/c1-6-15-9-12-18-19(13-15)22(27)25(20(18)21(26)24-23(2,3)4)14-16-7-10-17(28-5)11-8-16/h7-13,20H,6,14H2,1-5H3,(H,24,26). The van der Waals surface area contributed by atoms with Gasteiger partial charge in [-0.1, -0.05) is 31.2 Å². The molecule has 5 heteroatoms. The lowest BCUT2D eigenvalue weighted by Gasteiger charge is -2.29. The maximum Gasteiger partial charge on any atom is 0.255 e. The molecule has 1 heterocycles. The molecule has 2 amide bonds. The Kier molecular flexibility index (Phi) is 5.45. The number of ether oxygens (including phenoxy) is 1. The van der Waals surface area contributed by atoms with Crippen LogP contribution in [-0.2, 0) is 17.8 Å². The van der Waals surface area contributed by atoms with E-state index in [9.17, 15) is 9.59 Å². The zero-order valence-corrected chi connectivity index (χ0v) is 17.2. The van der Waals surface area contributed by atoms with E-state index in [0.29, 0.717) is 12.1 Å². The summed E-state index contributed by atoms with van der Waals surface area (Å²) in [5.74, 6) is 0.502. The number of rotatable bonds is 5. The molecule has 1 aliphatic heterocycles. The quantitative estimate of drug-likeness (QED) is 0.857. The third kappa shape index (κ3) is 4.03. The maximum atomic E-state index is 13.2. The summed E-state index contributed by atoms with van der Waals surface area (Å²) in [6, 6.07) is 12.8. The summed E-state index contributed by atoms with van der Waals surface area (Å²) < 4.78 is 5.21. The third-order valence-corrected chi connectivity index (χ3v) is 4.88. The van der Waals surface area contributed by atoms with E-state index in [0.717, 1.165) is 28.9 Å². The van der Waals surface area contributed by atoms with Gasteiger partial charge in [0.25, 0.3) is 5.91 Å². The molecule has 0 saturated carbocycles. The summed E-state index contributed by atoms with van der Waals surface area (Å²) in [4.78, 5) is 28.0. The number of hydrogen-bond donors (Lipinski definition) is 1. The summed E-state index contributed by atoms with van der Waals surface area (Å²) in [6.45, 7) is 8.24. The molecule has 0 aromatic heterocycles. The highest BCUT2D eigenvalue weighted by Gasteiger charge is 2.41. The summed E-state index contributed by atoms with van der Waals surface area (Å²) >= 11 is 0. The van der Waals surface area contributed by atoms with E-state index in [4.69, 9.17) is 4.74 Å². The molecule has 1 atom stereocenters. The minimum Gasteiger partial charge on any atom is -0.497 e.